The van der Waals surface area contributed by atoms with Gasteiger partial charge in [-0.3, -0.25) is 4.79 Å². The fourth-order valence-electron chi connectivity index (χ4n) is 1.70. The average Bonchev–Trinajstić information content (AvgIpc) is 2.50. The minimum absolute atomic E-state index is 0.375. The highest BCUT2D eigenvalue weighted by Crippen LogP contribution is 2.29. The van der Waals surface area contributed by atoms with E-state index in [0.29, 0.717) is 5.56 Å². The van der Waals surface area contributed by atoms with E-state index in [2.05, 4.69) is 4.74 Å². The summed E-state index contributed by atoms with van der Waals surface area (Å²) < 4.78 is 69.8. The summed E-state index contributed by atoms with van der Waals surface area (Å²) in [5, 5.41) is 0. The number of ether oxygens (including phenoxy) is 1. The number of hydrogen-bond acceptors (Lipinski definition) is 2. The summed E-state index contributed by atoms with van der Waals surface area (Å²) in [5.74, 6) is -13.8. The van der Waals surface area contributed by atoms with Crippen LogP contribution in [-0.2, 0) is 11.2 Å². The molecule has 0 bridgehead atoms. The van der Waals surface area contributed by atoms with Crippen LogP contribution in [-0.4, -0.2) is 5.97 Å². The van der Waals surface area contributed by atoms with E-state index in [1.165, 1.54) is 0 Å². The number of benzene rings is 2. The first-order valence-electron chi connectivity index (χ1n) is 6.09. The third-order valence-corrected chi connectivity index (χ3v) is 2.85. The second-order valence-electron chi connectivity index (χ2n) is 4.54. The van der Waals surface area contributed by atoms with E-state index in [-0.39, 0.29) is 6.42 Å². The smallest absolute Gasteiger partial charge is 0.315 e. The zero-order valence-corrected chi connectivity index (χ0v) is 11.2. The van der Waals surface area contributed by atoms with Crippen molar-refractivity contribution in [2.75, 3.05) is 0 Å². The SMILES string of the molecule is Cc1ccc(CC(=O)Oc2c(F)c(F)c(F)c(F)c2F)cc1. The molecule has 0 aromatic heterocycles. The Balaban J connectivity index is 2.24. The molecule has 0 amide bonds. The van der Waals surface area contributed by atoms with Gasteiger partial charge >= 0.3 is 5.97 Å². The number of rotatable bonds is 3. The van der Waals surface area contributed by atoms with Crippen LogP contribution in [0.25, 0.3) is 0 Å². The van der Waals surface area contributed by atoms with Gasteiger partial charge in [-0.15, -0.1) is 0 Å². The molecule has 0 atom stereocenters. The summed E-state index contributed by atoms with van der Waals surface area (Å²) in [6.07, 6.45) is -0.375. The van der Waals surface area contributed by atoms with Crippen molar-refractivity contribution in [1.82, 2.24) is 0 Å². The van der Waals surface area contributed by atoms with E-state index < -0.39 is 40.8 Å². The molecular formula is C15H9F5O2. The number of esters is 1. The van der Waals surface area contributed by atoms with E-state index in [1.807, 2.05) is 6.92 Å². The molecule has 2 aromatic rings. The third kappa shape index (κ3) is 3.08. The molecule has 2 nitrogen and oxygen atoms in total. The van der Waals surface area contributed by atoms with Crippen LogP contribution in [0.4, 0.5) is 22.0 Å². The molecule has 0 aliphatic heterocycles. The van der Waals surface area contributed by atoms with Crippen LogP contribution in [0.1, 0.15) is 11.1 Å². The Morgan fingerprint density at radius 3 is 1.82 bits per heavy atom. The van der Waals surface area contributed by atoms with Gasteiger partial charge in [-0.1, -0.05) is 29.8 Å². The topological polar surface area (TPSA) is 26.3 Å². The molecule has 0 radical (unpaired) electrons. The second kappa shape index (κ2) is 6.13. The number of carbonyl (C=O) groups excluding carboxylic acids is 1. The van der Waals surface area contributed by atoms with E-state index in [4.69, 9.17) is 0 Å². The quantitative estimate of drug-likeness (QED) is 0.283. The van der Waals surface area contributed by atoms with Crippen LogP contribution in [0.5, 0.6) is 5.75 Å². The van der Waals surface area contributed by atoms with Crippen LogP contribution in [0.2, 0.25) is 0 Å². The molecule has 22 heavy (non-hydrogen) atoms. The molecule has 0 saturated heterocycles. The molecule has 0 fully saturated rings. The average molecular weight is 316 g/mol. The monoisotopic (exact) mass is 316 g/mol. The van der Waals surface area contributed by atoms with Crippen molar-refractivity contribution in [3.63, 3.8) is 0 Å². The van der Waals surface area contributed by atoms with Crippen molar-refractivity contribution in [3.05, 3.63) is 64.5 Å². The molecule has 0 aliphatic rings. The van der Waals surface area contributed by atoms with E-state index in [1.54, 1.807) is 24.3 Å². The molecule has 0 spiro atoms. The van der Waals surface area contributed by atoms with Crippen molar-refractivity contribution in [2.24, 2.45) is 0 Å². The van der Waals surface area contributed by atoms with Gasteiger partial charge in [0.2, 0.25) is 34.8 Å². The lowest BCUT2D eigenvalue weighted by atomic mass is 10.1. The molecule has 0 unspecified atom stereocenters. The maximum atomic E-state index is 13.4. The summed E-state index contributed by atoms with van der Waals surface area (Å²) in [4.78, 5) is 11.6. The van der Waals surface area contributed by atoms with Gasteiger partial charge in [-0.25, -0.2) is 13.2 Å². The highest BCUT2D eigenvalue weighted by Gasteiger charge is 2.28. The van der Waals surface area contributed by atoms with Gasteiger partial charge in [-0.05, 0) is 12.5 Å². The first-order chi connectivity index (χ1) is 10.3. The minimum atomic E-state index is -2.31. The number of aryl methyl sites for hydroxylation is 1. The van der Waals surface area contributed by atoms with Crippen LogP contribution in [0.15, 0.2) is 24.3 Å². The molecule has 7 heteroatoms. The zero-order valence-electron chi connectivity index (χ0n) is 11.2. The van der Waals surface area contributed by atoms with Gasteiger partial charge in [0.1, 0.15) is 0 Å². The van der Waals surface area contributed by atoms with Crippen molar-refractivity contribution in [1.29, 1.82) is 0 Å². The van der Waals surface area contributed by atoms with Gasteiger partial charge in [0, 0.05) is 0 Å². The second-order valence-corrected chi connectivity index (χ2v) is 4.54. The van der Waals surface area contributed by atoms with Gasteiger partial charge in [0.25, 0.3) is 0 Å². The Kier molecular flexibility index (Phi) is 4.44. The number of hydrogen-bond donors (Lipinski definition) is 0. The van der Waals surface area contributed by atoms with Gasteiger partial charge in [0.15, 0.2) is 0 Å². The lowest BCUT2D eigenvalue weighted by Gasteiger charge is -2.09. The number of carbonyl (C=O) groups is 1. The predicted octanol–water partition coefficient (Wildman–Crippen LogP) is 3.84. The highest BCUT2D eigenvalue weighted by atomic mass is 19.2. The zero-order chi connectivity index (χ0) is 16.4. The number of halogens is 5. The van der Waals surface area contributed by atoms with E-state index >= 15 is 0 Å². The van der Waals surface area contributed by atoms with E-state index in [9.17, 15) is 26.7 Å². The summed E-state index contributed by atoms with van der Waals surface area (Å²) in [5.41, 5.74) is 1.40. The van der Waals surface area contributed by atoms with Crippen LogP contribution >= 0.6 is 0 Å². The van der Waals surface area contributed by atoms with Crippen LogP contribution in [0.3, 0.4) is 0 Å². The normalized spacial score (nSPS) is 10.6. The summed E-state index contributed by atoms with van der Waals surface area (Å²) in [7, 11) is 0. The predicted molar refractivity (Wildman–Crippen MR) is 66.8 cm³/mol. The van der Waals surface area contributed by atoms with Crippen LogP contribution < -0.4 is 4.74 Å². The maximum Gasteiger partial charge on any atom is 0.315 e. The largest absolute Gasteiger partial charge is 0.420 e. The first kappa shape index (κ1) is 15.9. The molecular weight excluding hydrogens is 307 g/mol. The standard InChI is InChI=1S/C15H9F5O2/c1-7-2-4-8(5-3-7)6-9(21)22-15-13(19)11(17)10(16)12(18)14(15)20/h2-5H,6H2,1H3. The fourth-order valence-corrected chi connectivity index (χ4v) is 1.70. The van der Waals surface area contributed by atoms with Crippen molar-refractivity contribution >= 4 is 5.97 Å². The van der Waals surface area contributed by atoms with Gasteiger partial charge < -0.3 is 4.74 Å². The molecule has 116 valence electrons. The molecule has 0 heterocycles. The van der Waals surface area contributed by atoms with Crippen molar-refractivity contribution < 1.29 is 31.5 Å². The molecule has 0 aliphatic carbocycles. The third-order valence-electron chi connectivity index (χ3n) is 2.85. The fraction of sp³-hybridized carbons (Fsp3) is 0.133. The maximum absolute atomic E-state index is 13.4. The highest BCUT2D eigenvalue weighted by molar-refractivity contribution is 5.75. The Morgan fingerprint density at radius 1 is 0.864 bits per heavy atom. The molecule has 0 saturated carbocycles. The summed E-state index contributed by atoms with van der Waals surface area (Å²) >= 11 is 0. The van der Waals surface area contributed by atoms with Gasteiger partial charge in [-0.2, -0.15) is 8.78 Å². The minimum Gasteiger partial charge on any atom is -0.420 e. The van der Waals surface area contributed by atoms with Crippen LogP contribution in [0, 0.1) is 36.0 Å². The Morgan fingerprint density at radius 2 is 1.32 bits per heavy atom. The van der Waals surface area contributed by atoms with Crippen molar-refractivity contribution in [2.45, 2.75) is 13.3 Å². The Bertz CT molecular complexity index is 697. The lowest BCUT2D eigenvalue weighted by Crippen LogP contribution is -2.15. The van der Waals surface area contributed by atoms with Gasteiger partial charge in [0.05, 0.1) is 6.42 Å². The molecule has 0 N–H and O–H groups in total. The molecule has 2 aromatic carbocycles. The summed E-state index contributed by atoms with van der Waals surface area (Å²) in [6, 6.07) is 6.55. The Labute approximate surface area is 122 Å². The van der Waals surface area contributed by atoms with E-state index in [0.717, 1.165) is 5.56 Å². The van der Waals surface area contributed by atoms with Crippen molar-refractivity contribution in [3.8, 4) is 5.75 Å². The lowest BCUT2D eigenvalue weighted by molar-refractivity contribution is -0.134. The Hall–Kier alpha value is -2.44. The first-order valence-corrected chi connectivity index (χ1v) is 6.09. The molecule has 2 rings (SSSR count). The summed E-state index contributed by atoms with van der Waals surface area (Å²) in [6.45, 7) is 1.82.